The standard InChI is InChI=1S/C11H16N2O.CO2/c1-14-11-5-3-2-4-10(11)13-8-6-12-7-9-13;2-1-3/h2-5,12H,6-9H2,1H3;. The van der Waals surface area contributed by atoms with Gasteiger partial charge in [-0.1, -0.05) is 12.1 Å². The highest BCUT2D eigenvalue weighted by atomic mass is 16.5. The Labute approximate surface area is 100 Å². The number of methoxy groups -OCH3 is 1. The highest BCUT2D eigenvalue weighted by molar-refractivity contribution is 5.58. The van der Waals surface area contributed by atoms with Crippen molar-refractivity contribution >= 4 is 11.8 Å². The van der Waals surface area contributed by atoms with Crippen LogP contribution >= 0.6 is 0 Å². The first-order valence-corrected chi connectivity index (χ1v) is 5.41. The predicted octanol–water partition coefficient (Wildman–Crippen LogP) is 0.521. The topological polar surface area (TPSA) is 58.6 Å². The van der Waals surface area contributed by atoms with Gasteiger partial charge in [0.15, 0.2) is 0 Å². The van der Waals surface area contributed by atoms with Crippen LogP contribution in [-0.4, -0.2) is 39.4 Å². The molecule has 1 aliphatic rings. The van der Waals surface area contributed by atoms with Gasteiger partial charge >= 0.3 is 6.15 Å². The van der Waals surface area contributed by atoms with Crippen molar-refractivity contribution < 1.29 is 14.3 Å². The summed E-state index contributed by atoms with van der Waals surface area (Å²) in [6.45, 7) is 4.22. The molecule has 1 heterocycles. The third kappa shape index (κ3) is 3.90. The molecule has 2 rings (SSSR count). The first-order chi connectivity index (χ1) is 8.33. The number of anilines is 1. The summed E-state index contributed by atoms with van der Waals surface area (Å²) in [5, 5.41) is 3.34. The minimum atomic E-state index is 0.250. The Kier molecular flexibility index (Phi) is 5.79. The molecule has 0 radical (unpaired) electrons. The van der Waals surface area contributed by atoms with E-state index in [1.165, 1.54) is 5.69 Å². The number of carbonyl (C=O) groups excluding carboxylic acids is 2. The van der Waals surface area contributed by atoms with Crippen molar-refractivity contribution in [1.29, 1.82) is 0 Å². The Morgan fingerprint density at radius 3 is 2.41 bits per heavy atom. The zero-order valence-electron chi connectivity index (χ0n) is 9.81. The summed E-state index contributed by atoms with van der Waals surface area (Å²) in [7, 11) is 1.72. The Morgan fingerprint density at radius 1 is 1.24 bits per heavy atom. The molecule has 1 aromatic carbocycles. The molecule has 1 saturated heterocycles. The molecule has 5 nitrogen and oxygen atoms in total. The van der Waals surface area contributed by atoms with Crippen molar-refractivity contribution in [3.05, 3.63) is 24.3 Å². The van der Waals surface area contributed by atoms with E-state index < -0.39 is 0 Å². The van der Waals surface area contributed by atoms with E-state index in [0.717, 1.165) is 31.9 Å². The molecule has 0 atom stereocenters. The van der Waals surface area contributed by atoms with Crippen LogP contribution in [0.4, 0.5) is 5.69 Å². The molecule has 92 valence electrons. The number of benzene rings is 1. The number of nitrogens with one attached hydrogen (secondary N) is 1. The van der Waals surface area contributed by atoms with E-state index in [2.05, 4.69) is 22.3 Å². The van der Waals surface area contributed by atoms with Crippen LogP contribution in [0.1, 0.15) is 0 Å². The van der Waals surface area contributed by atoms with Crippen LogP contribution in [0, 0.1) is 0 Å². The maximum Gasteiger partial charge on any atom is 0.373 e. The number of piperazine rings is 1. The zero-order valence-corrected chi connectivity index (χ0v) is 9.81. The highest BCUT2D eigenvalue weighted by Gasteiger charge is 2.13. The molecule has 1 N–H and O–H groups in total. The fourth-order valence-corrected chi connectivity index (χ4v) is 1.80. The summed E-state index contributed by atoms with van der Waals surface area (Å²) in [6.07, 6.45) is 0.250. The van der Waals surface area contributed by atoms with Gasteiger partial charge in [-0.3, -0.25) is 0 Å². The van der Waals surface area contributed by atoms with E-state index >= 15 is 0 Å². The van der Waals surface area contributed by atoms with Crippen LogP contribution in [0.3, 0.4) is 0 Å². The zero-order chi connectivity index (χ0) is 12.5. The molecular weight excluding hydrogens is 220 g/mol. The van der Waals surface area contributed by atoms with Gasteiger partial charge < -0.3 is 15.0 Å². The quantitative estimate of drug-likeness (QED) is 0.811. The van der Waals surface area contributed by atoms with E-state index in [1.54, 1.807) is 7.11 Å². The monoisotopic (exact) mass is 236 g/mol. The molecule has 17 heavy (non-hydrogen) atoms. The van der Waals surface area contributed by atoms with Gasteiger partial charge in [0.05, 0.1) is 12.8 Å². The van der Waals surface area contributed by atoms with Crippen LogP contribution in [-0.2, 0) is 9.59 Å². The Bertz CT molecular complexity index is 370. The average Bonchev–Trinajstić information content (AvgIpc) is 2.40. The summed E-state index contributed by atoms with van der Waals surface area (Å²) in [6, 6.07) is 8.19. The molecule has 5 heteroatoms. The largest absolute Gasteiger partial charge is 0.495 e. The summed E-state index contributed by atoms with van der Waals surface area (Å²) in [4.78, 5) is 18.6. The van der Waals surface area contributed by atoms with E-state index in [0.29, 0.717) is 0 Å². The third-order valence-corrected chi connectivity index (χ3v) is 2.54. The van der Waals surface area contributed by atoms with Crippen molar-refractivity contribution in [2.24, 2.45) is 0 Å². The lowest BCUT2D eigenvalue weighted by molar-refractivity contribution is -0.191. The van der Waals surface area contributed by atoms with Crippen LogP contribution < -0.4 is 15.0 Å². The number of rotatable bonds is 2. The molecule has 0 aromatic heterocycles. The van der Waals surface area contributed by atoms with Crippen molar-refractivity contribution in [2.75, 3.05) is 38.2 Å². The van der Waals surface area contributed by atoms with Gasteiger partial charge in [0.1, 0.15) is 5.75 Å². The van der Waals surface area contributed by atoms with E-state index in [-0.39, 0.29) is 6.15 Å². The number of para-hydroxylation sites is 2. The molecule has 1 aromatic rings. The highest BCUT2D eigenvalue weighted by Crippen LogP contribution is 2.27. The second-order valence-corrected chi connectivity index (χ2v) is 3.49. The van der Waals surface area contributed by atoms with Crippen LogP contribution in [0.2, 0.25) is 0 Å². The second kappa shape index (κ2) is 7.44. The average molecular weight is 236 g/mol. The van der Waals surface area contributed by atoms with Crippen molar-refractivity contribution in [1.82, 2.24) is 5.32 Å². The summed E-state index contributed by atoms with van der Waals surface area (Å²) < 4.78 is 5.34. The van der Waals surface area contributed by atoms with Crippen LogP contribution in [0.5, 0.6) is 5.75 Å². The molecule has 0 amide bonds. The molecule has 0 aliphatic carbocycles. The van der Waals surface area contributed by atoms with Gasteiger partial charge in [-0.25, -0.2) is 0 Å². The van der Waals surface area contributed by atoms with Gasteiger partial charge in [-0.2, -0.15) is 9.59 Å². The molecule has 1 aliphatic heterocycles. The van der Waals surface area contributed by atoms with Crippen molar-refractivity contribution in [2.45, 2.75) is 0 Å². The summed E-state index contributed by atoms with van der Waals surface area (Å²) in [5.74, 6) is 0.967. The van der Waals surface area contributed by atoms with E-state index in [4.69, 9.17) is 14.3 Å². The Hall–Kier alpha value is -1.84. The molecule has 0 spiro atoms. The van der Waals surface area contributed by atoms with Gasteiger partial charge in [-0.05, 0) is 12.1 Å². The first kappa shape index (κ1) is 13.2. The van der Waals surface area contributed by atoms with Gasteiger partial charge in [0.25, 0.3) is 0 Å². The van der Waals surface area contributed by atoms with E-state index in [1.807, 2.05) is 12.1 Å². The Morgan fingerprint density at radius 2 is 1.82 bits per heavy atom. The Balaban J connectivity index is 0.000000437. The number of nitrogens with zero attached hydrogens (tertiary/aromatic N) is 1. The fourth-order valence-electron chi connectivity index (χ4n) is 1.80. The molecule has 0 saturated carbocycles. The lowest BCUT2D eigenvalue weighted by Crippen LogP contribution is -2.43. The number of hydrogen-bond acceptors (Lipinski definition) is 5. The van der Waals surface area contributed by atoms with Crippen molar-refractivity contribution in [3.63, 3.8) is 0 Å². The smallest absolute Gasteiger partial charge is 0.373 e. The van der Waals surface area contributed by atoms with Gasteiger partial charge in [-0.15, -0.1) is 0 Å². The third-order valence-electron chi connectivity index (χ3n) is 2.54. The minimum Gasteiger partial charge on any atom is -0.495 e. The fraction of sp³-hybridized carbons (Fsp3) is 0.417. The minimum absolute atomic E-state index is 0.250. The lowest BCUT2D eigenvalue weighted by Gasteiger charge is -2.30. The maximum atomic E-state index is 8.12. The van der Waals surface area contributed by atoms with Gasteiger partial charge in [0, 0.05) is 26.2 Å². The van der Waals surface area contributed by atoms with Crippen LogP contribution in [0.25, 0.3) is 0 Å². The molecule has 1 fully saturated rings. The maximum absolute atomic E-state index is 8.12. The predicted molar refractivity (Wildman–Crippen MR) is 63.1 cm³/mol. The summed E-state index contributed by atoms with van der Waals surface area (Å²) >= 11 is 0. The van der Waals surface area contributed by atoms with Crippen LogP contribution in [0.15, 0.2) is 24.3 Å². The summed E-state index contributed by atoms with van der Waals surface area (Å²) in [5.41, 5.74) is 1.21. The normalized spacial score (nSPS) is 14.3. The second-order valence-electron chi connectivity index (χ2n) is 3.49. The first-order valence-electron chi connectivity index (χ1n) is 5.41. The number of ether oxygens (including phenoxy) is 1. The molecule has 0 bridgehead atoms. The lowest BCUT2D eigenvalue weighted by atomic mass is 10.2. The molecule has 0 unspecified atom stereocenters. The van der Waals surface area contributed by atoms with E-state index in [9.17, 15) is 0 Å². The van der Waals surface area contributed by atoms with Gasteiger partial charge in [0.2, 0.25) is 0 Å². The van der Waals surface area contributed by atoms with Crippen molar-refractivity contribution in [3.8, 4) is 5.75 Å². The number of hydrogen-bond donors (Lipinski definition) is 1. The SMILES string of the molecule is COc1ccccc1N1CCNCC1.O=C=O. The molecular formula is C12H16N2O3.